The van der Waals surface area contributed by atoms with Gasteiger partial charge in [-0.25, -0.2) is 4.39 Å². The Labute approximate surface area is 138 Å². The number of hydrogen-bond acceptors (Lipinski definition) is 5. The van der Waals surface area contributed by atoms with Gasteiger partial charge in [-0.05, 0) is 37.2 Å². The highest BCUT2D eigenvalue weighted by Crippen LogP contribution is 2.27. The second-order valence-electron chi connectivity index (χ2n) is 5.66. The monoisotopic (exact) mass is 328 g/mol. The average molecular weight is 328 g/mol. The molecule has 3 rings (SSSR count). The number of carbonyl (C=O) groups excluding carboxylic acids is 1. The molecule has 7 nitrogen and oxygen atoms in total. The molecule has 0 unspecified atom stereocenters. The molecule has 4 N–H and O–H groups in total. The highest BCUT2D eigenvalue weighted by atomic mass is 19.1. The van der Waals surface area contributed by atoms with Gasteiger partial charge in [-0.3, -0.25) is 9.48 Å². The predicted molar refractivity (Wildman–Crippen MR) is 86.1 cm³/mol. The third-order valence-electron chi connectivity index (χ3n) is 4.06. The van der Waals surface area contributed by atoms with Gasteiger partial charge >= 0.3 is 0 Å². The largest absolute Gasteiger partial charge is 0.365 e. The summed E-state index contributed by atoms with van der Waals surface area (Å²) in [7, 11) is 0. The number of halogens is 1. The van der Waals surface area contributed by atoms with Gasteiger partial charge in [-0.1, -0.05) is 0 Å². The van der Waals surface area contributed by atoms with Crippen molar-refractivity contribution in [1.29, 1.82) is 5.26 Å². The van der Waals surface area contributed by atoms with Gasteiger partial charge in [-0.15, -0.1) is 0 Å². The molecule has 1 aliphatic heterocycles. The molecule has 24 heavy (non-hydrogen) atoms. The normalized spacial score (nSPS) is 20.3. The van der Waals surface area contributed by atoms with Crippen molar-refractivity contribution in [2.45, 2.75) is 12.5 Å². The summed E-state index contributed by atoms with van der Waals surface area (Å²) < 4.78 is 14.6. The molecule has 2 atom stereocenters. The topological polar surface area (TPSA) is 109 Å². The molecule has 0 radical (unpaired) electrons. The van der Waals surface area contributed by atoms with Gasteiger partial charge in [0.2, 0.25) is 0 Å². The zero-order valence-electron chi connectivity index (χ0n) is 12.9. The first-order chi connectivity index (χ1) is 11.6. The highest BCUT2D eigenvalue weighted by molar-refractivity contribution is 5.98. The standard InChI is InChI=1S/C16H17FN6O/c17-11-1-3-12(4-2-11)21-16-13(15(19)24)9-23(22-16)14-5-6-20-8-10(14)7-18/h1-4,9-10,14,20H,5-6,8H2,(H2,19,24)(H,21,22)/t10-,14+/m1/s1. The van der Waals surface area contributed by atoms with Crippen LogP contribution in [0.1, 0.15) is 22.8 Å². The van der Waals surface area contributed by atoms with Crippen molar-refractivity contribution in [3.05, 3.63) is 41.8 Å². The predicted octanol–water partition coefficient (Wildman–Crippen LogP) is 1.54. The zero-order chi connectivity index (χ0) is 17.1. The van der Waals surface area contributed by atoms with Crippen LogP contribution in [0.5, 0.6) is 0 Å². The number of primary amides is 1. The number of nitrogens with one attached hydrogen (secondary N) is 2. The van der Waals surface area contributed by atoms with E-state index in [-0.39, 0.29) is 23.3 Å². The van der Waals surface area contributed by atoms with Crippen LogP contribution >= 0.6 is 0 Å². The van der Waals surface area contributed by atoms with Crippen molar-refractivity contribution in [2.24, 2.45) is 11.7 Å². The molecular formula is C16H17FN6O. The number of piperidine rings is 1. The smallest absolute Gasteiger partial charge is 0.254 e. The molecule has 2 heterocycles. The van der Waals surface area contributed by atoms with Gasteiger partial charge in [0.15, 0.2) is 5.82 Å². The van der Waals surface area contributed by atoms with Crippen molar-refractivity contribution < 1.29 is 9.18 Å². The van der Waals surface area contributed by atoms with Crippen LogP contribution in [0.2, 0.25) is 0 Å². The number of nitrogens with zero attached hydrogens (tertiary/aromatic N) is 3. The van der Waals surface area contributed by atoms with Gasteiger partial charge in [0.1, 0.15) is 11.4 Å². The van der Waals surface area contributed by atoms with E-state index < -0.39 is 5.91 Å². The molecule has 124 valence electrons. The van der Waals surface area contributed by atoms with Crippen LogP contribution < -0.4 is 16.4 Å². The SMILES string of the molecule is N#C[C@@H]1CNCC[C@@H]1n1cc(C(N)=O)c(Nc2ccc(F)cc2)n1. The summed E-state index contributed by atoms with van der Waals surface area (Å²) >= 11 is 0. The fourth-order valence-electron chi connectivity index (χ4n) is 2.80. The molecule has 0 aliphatic carbocycles. The lowest BCUT2D eigenvalue weighted by Gasteiger charge is -2.27. The van der Waals surface area contributed by atoms with E-state index in [0.29, 0.717) is 18.1 Å². The number of nitriles is 1. The number of aromatic nitrogens is 2. The van der Waals surface area contributed by atoms with Crippen molar-refractivity contribution >= 4 is 17.4 Å². The Hall–Kier alpha value is -2.92. The lowest BCUT2D eigenvalue weighted by Crippen LogP contribution is -2.37. The van der Waals surface area contributed by atoms with E-state index in [9.17, 15) is 14.4 Å². The van der Waals surface area contributed by atoms with Crippen LogP contribution in [-0.4, -0.2) is 28.8 Å². The van der Waals surface area contributed by atoms with Crippen LogP contribution in [0, 0.1) is 23.1 Å². The lowest BCUT2D eigenvalue weighted by atomic mass is 9.95. The molecular weight excluding hydrogens is 311 g/mol. The second-order valence-corrected chi connectivity index (χ2v) is 5.66. The third kappa shape index (κ3) is 3.21. The van der Waals surface area contributed by atoms with E-state index in [2.05, 4.69) is 21.8 Å². The number of hydrogen-bond donors (Lipinski definition) is 3. The molecule has 1 aromatic carbocycles. The maximum atomic E-state index is 13.0. The Morgan fingerprint density at radius 1 is 1.46 bits per heavy atom. The summed E-state index contributed by atoms with van der Waals surface area (Å²) in [5, 5.41) is 19.8. The van der Waals surface area contributed by atoms with Crippen molar-refractivity contribution in [1.82, 2.24) is 15.1 Å². The van der Waals surface area contributed by atoms with Crippen LogP contribution in [0.3, 0.4) is 0 Å². The van der Waals surface area contributed by atoms with E-state index in [0.717, 1.165) is 13.0 Å². The van der Waals surface area contributed by atoms with Crippen LogP contribution in [-0.2, 0) is 0 Å². The molecule has 1 fully saturated rings. The maximum Gasteiger partial charge on any atom is 0.254 e. The van der Waals surface area contributed by atoms with E-state index in [4.69, 9.17) is 5.73 Å². The van der Waals surface area contributed by atoms with Crippen molar-refractivity contribution in [2.75, 3.05) is 18.4 Å². The van der Waals surface area contributed by atoms with E-state index in [1.54, 1.807) is 23.0 Å². The maximum absolute atomic E-state index is 13.0. The molecule has 1 amide bonds. The van der Waals surface area contributed by atoms with Crippen molar-refractivity contribution in [3.63, 3.8) is 0 Å². The second kappa shape index (κ2) is 6.68. The summed E-state index contributed by atoms with van der Waals surface area (Å²) in [6.45, 7) is 1.35. The molecule has 8 heteroatoms. The van der Waals surface area contributed by atoms with E-state index in [1.807, 2.05) is 0 Å². The molecule has 0 saturated carbocycles. The fraction of sp³-hybridized carbons (Fsp3) is 0.312. The Kier molecular flexibility index (Phi) is 4.44. The minimum atomic E-state index is -0.617. The van der Waals surface area contributed by atoms with Crippen LogP contribution in [0.25, 0.3) is 0 Å². The Morgan fingerprint density at radius 3 is 2.88 bits per heavy atom. The number of carbonyl (C=O) groups is 1. The number of nitrogens with two attached hydrogens (primary N) is 1. The number of rotatable bonds is 4. The summed E-state index contributed by atoms with van der Waals surface area (Å²) in [4.78, 5) is 11.7. The summed E-state index contributed by atoms with van der Waals surface area (Å²) in [6, 6.07) is 7.84. The number of amides is 1. The number of anilines is 2. The Balaban J connectivity index is 1.91. The molecule has 1 aromatic heterocycles. The third-order valence-corrected chi connectivity index (χ3v) is 4.06. The zero-order valence-corrected chi connectivity index (χ0v) is 12.9. The first-order valence-corrected chi connectivity index (χ1v) is 7.60. The Bertz CT molecular complexity index is 779. The average Bonchev–Trinajstić information content (AvgIpc) is 3.01. The van der Waals surface area contributed by atoms with Gasteiger partial charge in [0.25, 0.3) is 5.91 Å². The minimum absolute atomic E-state index is 0.127. The van der Waals surface area contributed by atoms with E-state index >= 15 is 0 Å². The van der Waals surface area contributed by atoms with Gasteiger partial charge in [0, 0.05) is 18.4 Å². The molecule has 0 spiro atoms. The van der Waals surface area contributed by atoms with Gasteiger partial charge in [0.05, 0.1) is 18.0 Å². The molecule has 2 aromatic rings. The highest BCUT2D eigenvalue weighted by Gasteiger charge is 2.28. The van der Waals surface area contributed by atoms with Crippen molar-refractivity contribution in [3.8, 4) is 6.07 Å². The quantitative estimate of drug-likeness (QED) is 0.789. The van der Waals surface area contributed by atoms with E-state index in [1.165, 1.54) is 12.1 Å². The molecule has 0 bridgehead atoms. The lowest BCUT2D eigenvalue weighted by molar-refractivity contribution is 0.100. The van der Waals surface area contributed by atoms with Crippen LogP contribution in [0.4, 0.5) is 15.9 Å². The summed E-state index contributed by atoms with van der Waals surface area (Å²) in [6.07, 6.45) is 2.29. The van der Waals surface area contributed by atoms with Crippen LogP contribution in [0.15, 0.2) is 30.5 Å². The first-order valence-electron chi connectivity index (χ1n) is 7.60. The van der Waals surface area contributed by atoms with Gasteiger partial charge < -0.3 is 16.4 Å². The summed E-state index contributed by atoms with van der Waals surface area (Å²) in [5.74, 6) is -0.913. The molecule has 1 saturated heterocycles. The Morgan fingerprint density at radius 2 is 2.21 bits per heavy atom. The number of benzene rings is 1. The van der Waals surface area contributed by atoms with Gasteiger partial charge in [-0.2, -0.15) is 10.4 Å². The summed E-state index contributed by atoms with van der Waals surface area (Å²) in [5.41, 5.74) is 6.25. The fourth-order valence-corrected chi connectivity index (χ4v) is 2.80. The first kappa shape index (κ1) is 16.0. The minimum Gasteiger partial charge on any atom is -0.365 e. The molecule has 1 aliphatic rings.